The molecule has 0 saturated heterocycles. The van der Waals surface area contributed by atoms with Crippen molar-refractivity contribution in [2.24, 2.45) is 5.73 Å². The van der Waals surface area contributed by atoms with Crippen LogP contribution in [0.1, 0.15) is 19.9 Å². The molecule has 1 aromatic rings. The van der Waals surface area contributed by atoms with Gasteiger partial charge in [-0.2, -0.15) is 5.10 Å². The summed E-state index contributed by atoms with van der Waals surface area (Å²) in [5.74, 6) is 0. The van der Waals surface area contributed by atoms with E-state index in [-0.39, 0.29) is 0 Å². The summed E-state index contributed by atoms with van der Waals surface area (Å²) in [5, 5.41) is 7.34. The van der Waals surface area contributed by atoms with Crippen LogP contribution in [0.2, 0.25) is 0 Å². The predicted octanol–water partition coefficient (Wildman–Crippen LogP) is 0.835. The highest BCUT2D eigenvalue weighted by Crippen LogP contribution is 2.08. The van der Waals surface area contributed by atoms with Crippen molar-refractivity contribution < 1.29 is 0 Å². The van der Waals surface area contributed by atoms with Gasteiger partial charge in [0, 0.05) is 25.3 Å². The van der Waals surface area contributed by atoms with E-state index in [4.69, 9.17) is 5.73 Å². The number of nitrogens with zero attached hydrogens (tertiary/aromatic N) is 2. The van der Waals surface area contributed by atoms with E-state index >= 15 is 0 Å². The normalized spacial score (nSPS) is 10.7. The van der Waals surface area contributed by atoms with E-state index in [1.54, 1.807) is 0 Å². The average Bonchev–Trinajstić information content (AvgIpc) is 2.48. The smallest absolute Gasteiger partial charge is 0.0727 e. The fourth-order valence-corrected chi connectivity index (χ4v) is 0.928. The number of hydrogen-bond acceptors (Lipinski definition) is 3. The molecule has 0 radical (unpaired) electrons. The van der Waals surface area contributed by atoms with E-state index in [1.807, 2.05) is 17.1 Å². The first-order valence-electron chi connectivity index (χ1n) is 4.22. The maximum atomic E-state index is 5.35. The summed E-state index contributed by atoms with van der Waals surface area (Å²) >= 11 is 0. The van der Waals surface area contributed by atoms with Crippen molar-refractivity contribution in [1.29, 1.82) is 0 Å². The van der Waals surface area contributed by atoms with Crippen LogP contribution in [0.25, 0.3) is 0 Å². The van der Waals surface area contributed by atoms with E-state index in [9.17, 15) is 0 Å². The van der Waals surface area contributed by atoms with E-state index in [1.165, 1.54) is 0 Å². The molecule has 4 nitrogen and oxygen atoms in total. The molecule has 0 aliphatic heterocycles. The summed E-state index contributed by atoms with van der Waals surface area (Å²) in [4.78, 5) is 0. The fraction of sp³-hybridized carbons (Fsp3) is 0.625. The fourth-order valence-electron chi connectivity index (χ4n) is 0.928. The van der Waals surface area contributed by atoms with Crippen LogP contribution in [0.5, 0.6) is 0 Å². The molecule has 0 unspecified atom stereocenters. The third-order valence-corrected chi connectivity index (χ3v) is 1.60. The molecule has 0 atom stereocenters. The first-order valence-corrected chi connectivity index (χ1v) is 4.22. The second kappa shape index (κ2) is 4.11. The van der Waals surface area contributed by atoms with Gasteiger partial charge in [0.05, 0.1) is 11.9 Å². The van der Waals surface area contributed by atoms with Crippen LogP contribution in [0.15, 0.2) is 12.4 Å². The lowest BCUT2D eigenvalue weighted by molar-refractivity contribution is 0.532. The third-order valence-electron chi connectivity index (χ3n) is 1.60. The Hall–Kier alpha value is -1.03. The SMILES string of the molecule is CC(C)n1cc(NCCN)cn1. The first-order chi connectivity index (χ1) is 5.74. The van der Waals surface area contributed by atoms with E-state index in [0.717, 1.165) is 12.2 Å². The van der Waals surface area contributed by atoms with Crippen molar-refractivity contribution >= 4 is 5.69 Å². The molecule has 0 aromatic carbocycles. The van der Waals surface area contributed by atoms with Crippen molar-refractivity contribution in [3.63, 3.8) is 0 Å². The quantitative estimate of drug-likeness (QED) is 0.700. The lowest BCUT2D eigenvalue weighted by Gasteiger charge is -2.03. The summed E-state index contributed by atoms with van der Waals surface area (Å²) in [5.41, 5.74) is 6.39. The van der Waals surface area contributed by atoms with Gasteiger partial charge in [0.1, 0.15) is 0 Å². The Bertz CT molecular complexity index is 229. The Labute approximate surface area is 72.8 Å². The van der Waals surface area contributed by atoms with Gasteiger partial charge in [0.2, 0.25) is 0 Å². The second-order valence-corrected chi connectivity index (χ2v) is 3.02. The summed E-state index contributed by atoms with van der Waals surface area (Å²) in [7, 11) is 0. The van der Waals surface area contributed by atoms with Crippen molar-refractivity contribution in [1.82, 2.24) is 9.78 Å². The monoisotopic (exact) mass is 168 g/mol. The van der Waals surface area contributed by atoms with Crippen LogP contribution in [0.3, 0.4) is 0 Å². The molecule has 1 rings (SSSR count). The molecular formula is C8H16N4. The minimum absolute atomic E-state index is 0.415. The van der Waals surface area contributed by atoms with Crippen LogP contribution < -0.4 is 11.1 Å². The predicted molar refractivity (Wildman–Crippen MR) is 50.2 cm³/mol. The van der Waals surface area contributed by atoms with Crippen molar-refractivity contribution in [2.75, 3.05) is 18.4 Å². The highest BCUT2D eigenvalue weighted by molar-refractivity contribution is 5.38. The zero-order valence-electron chi connectivity index (χ0n) is 7.62. The maximum Gasteiger partial charge on any atom is 0.0727 e. The van der Waals surface area contributed by atoms with Gasteiger partial charge in [-0.25, -0.2) is 0 Å². The van der Waals surface area contributed by atoms with Crippen LogP contribution >= 0.6 is 0 Å². The third kappa shape index (κ3) is 2.23. The highest BCUT2D eigenvalue weighted by Gasteiger charge is 1.99. The van der Waals surface area contributed by atoms with Gasteiger partial charge in [-0.05, 0) is 13.8 Å². The molecule has 3 N–H and O–H groups in total. The lowest BCUT2D eigenvalue weighted by Crippen LogP contribution is -2.12. The van der Waals surface area contributed by atoms with E-state index < -0.39 is 0 Å². The van der Waals surface area contributed by atoms with Crippen LogP contribution in [-0.2, 0) is 0 Å². The van der Waals surface area contributed by atoms with Crippen molar-refractivity contribution in [3.05, 3.63) is 12.4 Å². The largest absolute Gasteiger partial charge is 0.381 e. The number of hydrogen-bond donors (Lipinski definition) is 2. The van der Waals surface area contributed by atoms with Crippen LogP contribution in [-0.4, -0.2) is 22.9 Å². The Kier molecular flexibility index (Phi) is 3.10. The van der Waals surface area contributed by atoms with Crippen LogP contribution in [0.4, 0.5) is 5.69 Å². The zero-order chi connectivity index (χ0) is 8.97. The van der Waals surface area contributed by atoms with Gasteiger partial charge in [0.25, 0.3) is 0 Å². The summed E-state index contributed by atoms with van der Waals surface area (Å²) in [6.07, 6.45) is 3.80. The summed E-state index contributed by atoms with van der Waals surface area (Å²) < 4.78 is 1.92. The molecule has 0 aliphatic rings. The minimum Gasteiger partial charge on any atom is -0.381 e. The van der Waals surface area contributed by atoms with Crippen LogP contribution in [0, 0.1) is 0 Å². The molecule has 0 bridgehead atoms. The minimum atomic E-state index is 0.415. The van der Waals surface area contributed by atoms with Gasteiger partial charge in [-0.1, -0.05) is 0 Å². The molecule has 4 heteroatoms. The molecule has 0 spiro atoms. The number of nitrogens with one attached hydrogen (secondary N) is 1. The van der Waals surface area contributed by atoms with Crippen molar-refractivity contribution in [3.8, 4) is 0 Å². The van der Waals surface area contributed by atoms with Gasteiger partial charge in [0.15, 0.2) is 0 Å². The average molecular weight is 168 g/mol. The standard InChI is InChI=1S/C8H16N4/c1-7(2)12-6-8(5-11-12)10-4-3-9/h5-7,10H,3-4,9H2,1-2H3. The molecule has 1 heterocycles. The lowest BCUT2D eigenvalue weighted by atomic mass is 10.4. The van der Waals surface area contributed by atoms with Gasteiger partial charge in [-0.3, -0.25) is 4.68 Å². The Morgan fingerprint density at radius 1 is 1.67 bits per heavy atom. The topological polar surface area (TPSA) is 55.9 Å². The number of anilines is 1. The number of rotatable bonds is 4. The van der Waals surface area contributed by atoms with Gasteiger partial charge in [-0.15, -0.1) is 0 Å². The Balaban J connectivity index is 2.52. The van der Waals surface area contributed by atoms with Gasteiger partial charge < -0.3 is 11.1 Å². The Morgan fingerprint density at radius 3 is 2.92 bits per heavy atom. The molecule has 1 aromatic heterocycles. The zero-order valence-corrected chi connectivity index (χ0v) is 7.62. The molecule has 0 aliphatic carbocycles. The highest BCUT2D eigenvalue weighted by atomic mass is 15.3. The molecule has 68 valence electrons. The second-order valence-electron chi connectivity index (χ2n) is 3.02. The molecule has 12 heavy (non-hydrogen) atoms. The van der Waals surface area contributed by atoms with Gasteiger partial charge >= 0.3 is 0 Å². The molecule has 0 fully saturated rings. The summed E-state index contributed by atoms with van der Waals surface area (Å²) in [6, 6.07) is 0.415. The first kappa shape index (κ1) is 9.06. The van der Waals surface area contributed by atoms with Crippen molar-refractivity contribution in [2.45, 2.75) is 19.9 Å². The Morgan fingerprint density at radius 2 is 2.42 bits per heavy atom. The molecule has 0 saturated carbocycles. The maximum absolute atomic E-state index is 5.35. The summed E-state index contributed by atoms with van der Waals surface area (Å²) in [6.45, 7) is 5.63. The molecular weight excluding hydrogens is 152 g/mol. The van der Waals surface area contributed by atoms with E-state index in [0.29, 0.717) is 12.6 Å². The number of nitrogens with two attached hydrogens (primary N) is 1. The number of aromatic nitrogens is 2. The van der Waals surface area contributed by atoms with E-state index in [2.05, 4.69) is 24.3 Å². The molecule has 0 amide bonds.